The summed E-state index contributed by atoms with van der Waals surface area (Å²) in [7, 11) is 0. The third-order valence-electron chi connectivity index (χ3n) is 3.46. The van der Waals surface area contributed by atoms with Crippen LogP contribution in [0.3, 0.4) is 0 Å². The normalized spacial score (nSPS) is 18.6. The number of likely N-dealkylation sites (tertiary alicyclic amines) is 1. The van der Waals surface area contributed by atoms with Gasteiger partial charge in [-0.15, -0.1) is 0 Å². The molecule has 0 bridgehead atoms. The third-order valence-corrected chi connectivity index (χ3v) is 3.46. The second-order valence-electron chi connectivity index (χ2n) is 4.89. The van der Waals surface area contributed by atoms with Gasteiger partial charge in [0.15, 0.2) is 0 Å². The number of nitrogen functional groups attached to an aromatic ring is 1. The number of rotatable bonds is 3. The first-order valence-corrected chi connectivity index (χ1v) is 6.96. The van der Waals surface area contributed by atoms with Crippen LogP contribution in [0.25, 0.3) is 0 Å². The maximum absolute atomic E-state index is 12.5. The molecule has 1 aliphatic rings. The molecule has 5 nitrogen and oxygen atoms in total. The Labute approximate surface area is 118 Å². The average Bonchev–Trinajstić information content (AvgIpc) is 2.47. The van der Waals surface area contributed by atoms with Gasteiger partial charge in [-0.3, -0.25) is 4.79 Å². The Morgan fingerprint density at radius 1 is 1.40 bits per heavy atom. The number of benzene rings is 1. The van der Waals surface area contributed by atoms with Gasteiger partial charge in [-0.1, -0.05) is 6.07 Å². The molecular formula is C15H20N2O3. The monoisotopic (exact) mass is 276 g/mol. The highest BCUT2D eigenvalue weighted by atomic mass is 16.5. The predicted molar refractivity (Wildman–Crippen MR) is 76.2 cm³/mol. The van der Waals surface area contributed by atoms with E-state index >= 15 is 0 Å². The minimum atomic E-state index is -0.474. The average molecular weight is 276 g/mol. The van der Waals surface area contributed by atoms with Crippen molar-refractivity contribution in [2.75, 3.05) is 18.9 Å². The van der Waals surface area contributed by atoms with Crippen LogP contribution in [0, 0.1) is 0 Å². The molecule has 1 atom stereocenters. The SMILES string of the molecule is CCOC(=O)C1CCCCN1C(=O)c1cccc(N)c1. The molecule has 1 aliphatic heterocycles. The summed E-state index contributed by atoms with van der Waals surface area (Å²) in [6.07, 6.45) is 2.50. The van der Waals surface area contributed by atoms with Crippen LogP contribution in [0.15, 0.2) is 24.3 Å². The summed E-state index contributed by atoms with van der Waals surface area (Å²) in [5.41, 5.74) is 6.76. The summed E-state index contributed by atoms with van der Waals surface area (Å²) in [6, 6.07) is 6.36. The fourth-order valence-corrected chi connectivity index (χ4v) is 2.50. The summed E-state index contributed by atoms with van der Waals surface area (Å²) in [4.78, 5) is 26.1. The molecule has 0 spiro atoms. The van der Waals surface area contributed by atoms with E-state index in [1.54, 1.807) is 36.1 Å². The second kappa shape index (κ2) is 6.41. The second-order valence-corrected chi connectivity index (χ2v) is 4.89. The number of piperidine rings is 1. The van der Waals surface area contributed by atoms with Crippen LogP contribution in [0.5, 0.6) is 0 Å². The maximum Gasteiger partial charge on any atom is 0.328 e. The Hall–Kier alpha value is -2.04. The molecule has 0 aliphatic carbocycles. The molecule has 1 heterocycles. The number of carbonyl (C=O) groups is 2. The van der Waals surface area contributed by atoms with Gasteiger partial charge in [-0.2, -0.15) is 0 Å². The lowest BCUT2D eigenvalue weighted by Crippen LogP contribution is -2.48. The summed E-state index contributed by atoms with van der Waals surface area (Å²) in [5.74, 6) is -0.473. The molecule has 1 unspecified atom stereocenters. The van der Waals surface area contributed by atoms with Crippen molar-refractivity contribution < 1.29 is 14.3 Å². The van der Waals surface area contributed by atoms with Gasteiger partial charge in [-0.25, -0.2) is 4.79 Å². The van der Waals surface area contributed by atoms with E-state index in [-0.39, 0.29) is 11.9 Å². The Bertz CT molecular complexity index is 502. The van der Waals surface area contributed by atoms with Crippen LogP contribution in [0.1, 0.15) is 36.5 Å². The number of anilines is 1. The van der Waals surface area contributed by atoms with Gasteiger partial charge in [0.2, 0.25) is 0 Å². The van der Waals surface area contributed by atoms with E-state index in [0.717, 1.165) is 12.8 Å². The Kier molecular flexibility index (Phi) is 4.61. The van der Waals surface area contributed by atoms with E-state index in [1.165, 1.54) is 0 Å². The highest BCUT2D eigenvalue weighted by Gasteiger charge is 2.33. The quantitative estimate of drug-likeness (QED) is 0.675. The predicted octanol–water partition coefficient (Wildman–Crippen LogP) is 1.83. The van der Waals surface area contributed by atoms with E-state index in [0.29, 0.717) is 30.8 Å². The fourth-order valence-electron chi connectivity index (χ4n) is 2.50. The van der Waals surface area contributed by atoms with E-state index in [9.17, 15) is 9.59 Å². The van der Waals surface area contributed by atoms with E-state index in [1.807, 2.05) is 0 Å². The lowest BCUT2D eigenvalue weighted by atomic mass is 10.0. The Morgan fingerprint density at radius 3 is 2.90 bits per heavy atom. The number of ether oxygens (including phenoxy) is 1. The van der Waals surface area contributed by atoms with Crippen molar-refractivity contribution in [1.29, 1.82) is 0 Å². The van der Waals surface area contributed by atoms with Crippen molar-refractivity contribution in [3.8, 4) is 0 Å². The van der Waals surface area contributed by atoms with Gasteiger partial charge >= 0.3 is 5.97 Å². The van der Waals surface area contributed by atoms with Crippen molar-refractivity contribution in [3.63, 3.8) is 0 Å². The summed E-state index contributed by atoms with van der Waals surface area (Å²) in [5, 5.41) is 0. The number of hydrogen-bond acceptors (Lipinski definition) is 4. The largest absolute Gasteiger partial charge is 0.464 e. The number of nitrogens with two attached hydrogens (primary N) is 1. The first-order valence-electron chi connectivity index (χ1n) is 6.96. The maximum atomic E-state index is 12.5. The van der Waals surface area contributed by atoms with Crippen LogP contribution in [-0.2, 0) is 9.53 Å². The standard InChI is InChI=1S/C15H20N2O3/c1-2-20-15(19)13-8-3-4-9-17(13)14(18)11-6-5-7-12(16)10-11/h5-7,10,13H,2-4,8-9,16H2,1H3. The molecule has 1 saturated heterocycles. The smallest absolute Gasteiger partial charge is 0.328 e. The van der Waals surface area contributed by atoms with Gasteiger partial charge < -0.3 is 15.4 Å². The highest BCUT2D eigenvalue weighted by Crippen LogP contribution is 2.21. The van der Waals surface area contributed by atoms with Crippen LogP contribution in [0.2, 0.25) is 0 Å². The fraction of sp³-hybridized carbons (Fsp3) is 0.467. The van der Waals surface area contributed by atoms with Gasteiger partial charge in [-0.05, 0) is 44.4 Å². The summed E-state index contributed by atoms with van der Waals surface area (Å²) < 4.78 is 5.06. The molecule has 0 aromatic heterocycles. The molecule has 0 saturated carbocycles. The van der Waals surface area contributed by atoms with Crippen LogP contribution < -0.4 is 5.73 Å². The molecule has 1 fully saturated rings. The molecule has 0 radical (unpaired) electrons. The third kappa shape index (κ3) is 3.10. The van der Waals surface area contributed by atoms with Crippen LogP contribution in [-0.4, -0.2) is 36.0 Å². The highest BCUT2D eigenvalue weighted by molar-refractivity contribution is 5.97. The molecule has 5 heteroatoms. The molecule has 108 valence electrons. The van der Waals surface area contributed by atoms with E-state index in [4.69, 9.17) is 10.5 Å². The van der Waals surface area contributed by atoms with Gasteiger partial charge in [0, 0.05) is 17.8 Å². The number of amides is 1. The summed E-state index contributed by atoms with van der Waals surface area (Å²) >= 11 is 0. The van der Waals surface area contributed by atoms with Crippen LogP contribution in [0.4, 0.5) is 5.69 Å². The van der Waals surface area contributed by atoms with Crippen molar-refractivity contribution in [1.82, 2.24) is 4.90 Å². The molecular weight excluding hydrogens is 256 g/mol. The van der Waals surface area contributed by atoms with Gasteiger partial charge in [0.05, 0.1) is 6.61 Å². The van der Waals surface area contributed by atoms with Crippen molar-refractivity contribution in [2.45, 2.75) is 32.2 Å². The zero-order chi connectivity index (χ0) is 14.5. The summed E-state index contributed by atoms with van der Waals surface area (Å²) in [6.45, 7) is 2.68. The number of nitrogens with zero attached hydrogens (tertiary/aromatic N) is 1. The van der Waals surface area contributed by atoms with Crippen molar-refractivity contribution in [3.05, 3.63) is 29.8 Å². The molecule has 2 N–H and O–H groups in total. The number of carbonyl (C=O) groups excluding carboxylic acids is 2. The zero-order valence-electron chi connectivity index (χ0n) is 11.7. The Balaban J connectivity index is 2.19. The topological polar surface area (TPSA) is 72.6 Å². The zero-order valence-corrected chi connectivity index (χ0v) is 11.7. The first kappa shape index (κ1) is 14.4. The van der Waals surface area contributed by atoms with Gasteiger partial charge in [0.25, 0.3) is 5.91 Å². The number of esters is 1. The molecule has 1 aromatic rings. The molecule has 1 aromatic carbocycles. The van der Waals surface area contributed by atoms with E-state index in [2.05, 4.69) is 0 Å². The Morgan fingerprint density at radius 2 is 2.20 bits per heavy atom. The lowest BCUT2D eigenvalue weighted by Gasteiger charge is -2.34. The minimum Gasteiger partial charge on any atom is -0.464 e. The lowest BCUT2D eigenvalue weighted by molar-refractivity contribution is -0.149. The first-order chi connectivity index (χ1) is 9.63. The van der Waals surface area contributed by atoms with Gasteiger partial charge in [0.1, 0.15) is 6.04 Å². The van der Waals surface area contributed by atoms with Crippen LogP contribution >= 0.6 is 0 Å². The minimum absolute atomic E-state index is 0.157. The van der Waals surface area contributed by atoms with E-state index < -0.39 is 6.04 Å². The van der Waals surface area contributed by atoms with Crippen molar-refractivity contribution >= 4 is 17.6 Å². The van der Waals surface area contributed by atoms with Crippen molar-refractivity contribution in [2.24, 2.45) is 0 Å². The number of hydrogen-bond donors (Lipinski definition) is 1. The molecule has 1 amide bonds. The molecule has 20 heavy (non-hydrogen) atoms. The molecule has 2 rings (SSSR count).